The summed E-state index contributed by atoms with van der Waals surface area (Å²) in [5, 5.41) is 13.8. The van der Waals surface area contributed by atoms with E-state index in [1.54, 1.807) is 0 Å². The molecular formula is C18H14N6S. The first-order valence-electron chi connectivity index (χ1n) is 7.64. The minimum atomic E-state index is 0.438. The number of rotatable bonds is 3. The van der Waals surface area contributed by atoms with Gasteiger partial charge in [-0.2, -0.15) is 5.26 Å². The molecule has 0 fully saturated rings. The maximum absolute atomic E-state index is 9.13. The number of aromatic nitrogens is 3. The van der Waals surface area contributed by atoms with Gasteiger partial charge in [0.25, 0.3) is 0 Å². The quantitative estimate of drug-likeness (QED) is 0.606. The summed E-state index contributed by atoms with van der Waals surface area (Å²) in [4.78, 5) is 15.1. The molecule has 2 heterocycles. The second kappa shape index (κ2) is 6.00. The molecule has 4 rings (SSSR count). The van der Waals surface area contributed by atoms with Gasteiger partial charge in [0.2, 0.25) is 0 Å². The summed E-state index contributed by atoms with van der Waals surface area (Å²) < 4.78 is 0.919. The molecular weight excluding hydrogens is 332 g/mol. The second-order valence-electron chi connectivity index (χ2n) is 5.73. The maximum Gasteiger partial charge on any atom is 0.195 e. The van der Waals surface area contributed by atoms with Crippen molar-refractivity contribution < 1.29 is 0 Å². The highest BCUT2D eigenvalue weighted by Crippen LogP contribution is 2.34. The number of benzene rings is 2. The number of nitrogens with one attached hydrogen (secondary N) is 1. The van der Waals surface area contributed by atoms with Crippen LogP contribution in [0.1, 0.15) is 5.01 Å². The van der Waals surface area contributed by atoms with Crippen molar-refractivity contribution in [1.82, 2.24) is 15.0 Å². The van der Waals surface area contributed by atoms with Crippen molar-refractivity contribution in [2.75, 3.05) is 24.3 Å². The Hall–Kier alpha value is -3.24. The average molecular weight is 346 g/mol. The van der Waals surface area contributed by atoms with Gasteiger partial charge < -0.3 is 10.2 Å². The van der Waals surface area contributed by atoms with Crippen LogP contribution in [-0.4, -0.2) is 29.0 Å². The molecule has 0 spiro atoms. The van der Waals surface area contributed by atoms with Crippen LogP contribution in [0.25, 0.3) is 21.1 Å². The SMILES string of the molecule is CN(C)c1ccc(Nc2ncnc3ccc4nc(C#N)sc4c23)cc1. The van der Waals surface area contributed by atoms with E-state index in [1.807, 2.05) is 55.4 Å². The minimum absolute atomic E-state index is 0.438. The van der Waals surface area contributed by atoms with Crippen molar-refractivity contribution in [2.45, 2.75) is 0 Å². The van der Waals surface area contributed by atoms with E-state index < -0.39 is 0 Å². The summed E-state index contributed by atoms with van der Waals surface area (Å²) in [6.45, 7) is 0. The Balaban J connectivity index is 1.83. The Bertz CT molecular complexity index is 1110. The molecule has 25 heavy (non-hydrogen) atoms. The largest absolute Gasteiger partial charge is 0.378 e. The van der Waals surface area contributed by atoms with Crippen LogP contribution in [0.3, 0.4) is 0 Å². The van der Waals surface area contributed by atoms with E-state index in [2.05, 4.69) is 26.3 Å². The standard InChI is InChI=1S/C18H14N6S/c1-24(2)12-5-3-11(4-6-12)22-18-16-13(20-10-21-18)7-8-14-17(16)25-15(9-19)23-14/h3-8,10H,1-2H3,(H,20,21,22). The molecule has 0 aliphatic rings. The number of thiazole rings is 1. The Labute approximate surface area is 148 Å². The van der Waals surface area contributed by atoms with Gasteiger partial charge in [0, 0.05) is 25.5 Å². The van der Waals surface area contributed by atoms with E-state index >= 15 is 0 Å². The summed E-state index contributed by atoms with van der Waals surface area (Å²) in [5.74, 6) is 0.710. The number of nitrogens with zero attached hydrogens (tertiary/aromatic N) is 5. The fraction of sp³-hybridized carbons (Fsp3) is 0.111. The fourth-order valence-corrected chi connectivity index (χ4v) is 3.56. The third-order valence-electron chi connectivity index (χ3n) is 3.90. The van der Waals surface area contributed by atoms with Crippen LogP contribution >= 0.6 is 11.3 Å². The van der Waals surface area contributed by atoms with Crippen LogP contribution in [-0.2, 0) is 0 Å². The number of hydrogen-bond acceptors (Lipinski definition) is 7. The molecule has 0 amide bonds. The molecule has 122 valence electrons. The molecule has 1 N–H and O–H groups in total. The first-order valence-corrected chi connectivity index (χ1v) is 8.46. The van der Waals surface area contributed by atoms with E-state index in [0.29, 0.717) is 10.8 Å². The summed E-state index contributed by atoms with van der Waals surface area (Å²) >= 11 is 1.36. The topological polar surface area (TPSA) is 77.7 Å². The Morgan fingerprint density at radius 2 is 1.80 bits per heavy atom. The van der Waals surface area contributed by atoms with Crippen LogP contribution in [0.5, 0.6) is 0 Å². The Kier molecular flexibility index (Phi) is 3.67. The normalized spacial score (nSPS) is 10.8. The first kappa shape index (κ1) is 15.3. The van der Waals surface area contributed by atoms with Gasteiger partial charge in [-0.3, -0.25) is 0 Å². The van der Waals surface area contributed by atoms with Gasteiger partial charge in [-0.1, -0.05) is 0 Å². The molecule has 6 nitrogen and oxygen atoms in total. The zero-order valence-corrected chi connectivity index (χ0v) is 14.5. The molecule has 0 atom stereocenters. The molecule has 0 unspecified atom stereocenters. The third-order valence-corrected chi connectivity index (χ3v) is 4.89. The molecule has 2 aromatic carbocycles. The molecule has 0 saturated heterocycles. The van der Waals surface area contributed by atoms with E-state index in [4.69, 9.17) is 5.26 Å². The van der Waals surface area contributed by atoms with E-state index in [1.165, 1.54) is 17.7 Å². The summed E-state index contributed by atoms with van der Waals surface area (Å²) in [6.07, 6.45) is 1.54. The zero-order valence-electron chi connectivity index (χ0n) is 13.7. The second-order valence-corrected chi connectivity index (χ2v) is 6.73. The summed E-state index contributed by atoms with van der Waals surface area (Å²) in [5.41, 5.74) is 3.67. The third kappa shape index (κ3) is 2.73. The molecule has 0 saturated carbocycles. The molecule has 2 aromatic heterocycles. The van der Waals surface area contributed by atoms with Crippen molar-refractivity contribution in [2.24, 2.45) is 0 Å². The molecule has 0 radical (unpaired) electrons. The number of fused-ring (bicyclic) bond motifs is 3. The van der Waals surface area contributed by atoms with E-state index in [9.17, 15) is 0 Å². The lowest BCUT2D eigenvalue weighted by Gasteiger charge is -2.13. The number of anilines is 3. The van der Waals surface area contributed by atoms with E-state index in [0.717, 1.165) is 32.5 Å². The molecule has 4 aromatic rings. The minimum Gasteiger partial charge on any atom is -0.378 e. The van der Waals surface area contributed by atoms with Crippen LogP contribution in [0, 0.1) is 11.3 Å². The smallest absolute Gasteiger partial charge is 0.195 e. The van der Waals surface area contributed by atoms with Crippen molar-refractivity contribution in [1.29, 1.82) is 5.26 Å². The van der Waals surface area contributed by atoms with Gasteiger partial charge in [0.05, 0.1) is 21.1 Å². The molecule has 0 bridgehead atoms. The lowest BCUT2D eigenvalue weighted by Crippen LogP contribution is -2.08. The van der Waals surface area contributed by atoms with Gasteiger partial charge in [0.15, 0.2) is 5.01 Å². The highest BCUT2D eigenvalue weighted by molar-refractivity contribution is 7.20. The summed E-state index contributed by atoms with van der Waals surface area (Å²) in [6, 6.07) is 14.0. The van der Waals surface area contributed by atoms with Crippen LogP contribution in [0.2, 0.25) is 0 Å². The number of nitriles is 1. The highest BCUT2D eigenvalue weighted by atomic mass is 32.1. The van der Waals surface area contributed by atoms with Crippen LogP contribution in [0.15, 0.2) is 42.7 Å². The lowest BCUT2D eigenvalue weighted by atomic mass is 10.2. The van der Waals surface area contributed by atoms with Crippen molar-refractivity contribution in [3.05, 3.63) is 47.7 Å². The highest BCUT2D eigenvalue weighted by Gasteiger charge is 2.13. The first-order chi connectivity index (χ1) is 12.2. The van der Waals surface area contributed by atoms with Gasteiger partial charge >= 0.3 is 0 Å². The van der Waals surface area contributed by atoms with Gasteiger partial charge in [-0.25, -0.2) is 15.0 Å². The zero-order chi connectivity index (χ0) is 17.4. The fourth-order valence-electron chi connectivity index (χ4n) is 2.65. The maximum atomic E-state index is 9.13. The Morgan fingerprint density at radius 1 is 1.04 bits per heavy atom. The predicted molar refractivity (Wildman–Crippen MR) is 101 cm³/mol. The van der Waals surface area contributed by atoms with E-state index in [-0.39, 0.29) is 0 Å². The van der Waals surface area contributed by atoms with Gasteiger partial charge in [-0.05, 0) is 36.4 Å². The molecule has 0 aliphatic carbocycles. The van der Waals surface area contributed by atoms with Crippen molar-refractivity contribution in [3.63, 3.8) is 0 Å². The van der Waals surface area contributed by atoms with Gasteiger partial charge in [0.1, 0.15) is 18.2 Å². The lowest BCUT2D eigenvalue weighted by molar-refractivity contribution is 1.13. The van der Waals surface area contributed by atoms with Crippen molar-refractivity contribution in [3.8, 4) is 6.07 Å². The monoisotopic (exact) mass is 346 g/mol. The van der Waals surface area contributed by atoms with Crippen molar-refractivity contribution >= 4 is 49.6 Å². The van der Waals surface area contributed by atoms with Crippen LogP contribution in [0.4, 0.5) is 17.2 Å². The Morgan fingerprint density at radius 3 is 2.52 bits per heavy atom. The number of hydrogen-bond donors (Lipinski definition) is 1. The molecule has 0 aliphatic heterocycles. The van der Waals surface area contributed by atoms with Gasteiger partial charge in [-0.15, -0.1) is 11.3 Å². The predicted octanol–water partition coefficient (Wildman–Crippen LogP) is 3.92. The average Bonchev–Trinajstić information content (AvgIpc) is 3.06. The summed E-state index contributed by atoms with van der Waals surface area (Å²) in [7, 11) is 4.02. The molecule has 7 heteroatoms. The van der Waals surface area contributed by atoms with Crippen LogP contribution < -0.4 is 10.2 Å².